The zero-order chi connectivity index (χ0) is 21.3. The molecule has 0 unspecified atom stereocenters. The maximum atomic E-state index is 12.3. The van der Waals surface area contributed by atoms with Crippen LogP contribution in [0.2, 0.25) is 0 Å². The van der Waals surface area contributed by atoms with Crippen LogP contribution in [0.25, 0.3) is 0 Å². The Morgan fingerprint density at radius 3 is 2.34 bits per heavy atom. The molecule has 7 nitrogen and oxygen atoms in total. The van der Waals surface area contributed by atoms with Crippen LogP contribution in [0.5, 0.6) is 0 Å². The molecule has 0 aliphatic carbocycles. The number of hydrogen-bond donors (Lipinski definition) is 2. The number of amides is 2. The maximum Gasteiger partial charge on any atom is 0.406 e. The summed E-state index contributed by atoms with van der Waals surface area (Å²) < 4.78 is 36.9. The molecule has 0 saturated carbocycles. The number of carbonyl (C=O) groups excluding carboxylic acids is 2. The number of carbonyl (C=O) groups is 2. The van der Waals surface area contributed by atoms with Crippen molar-refractivity contribution in [3.05, 3.63) is 35.4 Å². The van der Waals surface area contributed by atoms with Gasteiger partial charge in [-0.05, 0) is 24.1 Å². The molecule has 0 atom stereocenters. The predicted molar refractivity (Wildman–Crippen MR) is 117 cm³/mol. The lowest BCUT2D eigenvalue weighted by molar-refractivity contribution is -0.157. The second kappa shape index (κ2) is 12.5. The zero-order valence-electron chi connectivity index (χ0n) is 16.8. The normalized spacial score (nSPS) is 11.3. The smallest absolute Gasteiger partial charge is 0.356 e. The van der Waals surface area contributed by atoms with Gasteiger partial charge in [-0.25, -0.2) is 0 Å². The van der Waals surface area contributed by atoms with Crippen molar-refractivity contribution >= 4 is 41.8 Å². The SMILES string of the molecule is CN=C(NCCc1cccc(C(=O)N(C)C)c1)NCC(=O)N(C)CC(F)(F)F.I. The summed E-state index contributed by atoms with van der Waals surface area (Å²) in [4.78, 5) is 29.8. The van der Waals surface area contributed by atoms with E-state index in [9.17, 15) is 22.8 Å². The van der Waals surface area contributed by atoms with Crippen molar-refractivity contribution in [2.75, 3.05) is 47.8 Å². The highest BCUT2D eigenvalue weighted by Gasteiger charge is 2.31. The molecule has 29 heavy (non-hydrogen) atoms. The average Bonchev–Trinajstić information content (AvgIpc) is 2.62. The molecule has 1 aromatic rings. The molecule has 0 radical (unpaired) electrons. The molecule has 2 N–H and O–H groups in total. The van der Waals surface area contributed by atoms with Crippen LogP contribution in [0.4, 0.5) is 13.2 Å². The minimum absolute atomic E-state index is 0. The molecule has 0 heterocycles. The van der Waals surface area contributed by atoms with Gasteiger partial charge in [0.25, 0.3) is 5.91 Å². The van der Waals surface area contributed by atoms with E-state index in [0.717, 1.165) is 12.6 Å². The van der Waals surface area contributed by atoms with E-state index in [4.69, 9.17) is 0 Å². The van der Waals surface area contributed by atoms with Gasteiger partial charge in [-0.2, -0.15) is 13.2 Å². The van der Waals surface area contributed by atoms with Crippen molar-refractivity contribution in [2.45, 2.75) is 12.6 Å². The number of alkyl halides is 3. The van der Waals surface area contributed by atoms with Crippen LogP contribution in [-0.4, -0.2) is 81.6 Å². The van der Waals surface area contributed by atoms with Crippen molar-refractivity contribution in [1.29, 1.82) is 0 Å². The Morgan fingerprint density at radius 1 is 1.14 bits per heavy atom. The Labute approximate surface area is 185 Å². The van der Waals surface area contributed by atoms with Crippen molar-refractivity contribution in [3.8, 4) is 0 Å². The summed E-state index contributed by atoms with van der Waals surface area (Å²) in [5, 5.41) is 5.67. The van der Waals surface area contributed by atoms with Crippen LogP contribution < -0.4 is 10.6 Å². The highest BCUT2D eigenvalue weighted by Crippen LogP contribution is 2.15. The summed E-state index contributed by atoms with van der Waals surface area (Å²) in [5.41, 5.74) is 1.53. The van der Waals surface area contributed by atoms with Crippen LogP contribution in [0.1, 0.15) is 15.9 Å². The van der Waals surface area contributed by atoms with E-state index in [0.29, 0.717) is 29.4 Å². The molecule has 0 fully saturated rings. The van der Waals surface area contributed by atoms with Gasteiger partial charge in [0, 0.05) is 40.3 Å². The monoisotopic (exact) mass is 529 g/mol. The molecule has 1 aromatic carbocycles. The molecule has 164 valence electrons. The first-order chi connectivity index (χ1) is 13.0. The number of halogens is 4. The van der Waals surface area contributed by atoms with Gasteiger partial charge in [0.2, 0.25) is 5.91 Å². The van der Waals surface area contributed by atoms with E-state index < -0.39 is 18.6 Å². The number of benzene rings is 1. The number of rotatable bonds is 7. The number of nitrogens with zero attached hydrogens (tertiary/aromatic N) is 3. The van der Waals surface area contributed by atoms with E-state index in [2.05, 4.69) is 15.6 Å². The quantitative estimate of drug-likeness (QED) is 0.321. The van der Waals surface area contributed by atoms with Crippen LogP contribution in [0.15, 0.2) is 29.3 Å². The number of guanidine groups is 1. The van der Waals surface area contributed by atoms with Gasteiger partial charge in [-0.15, -0.1) is 24.0 Å². The van der Waals surface area contributed by atoms with Crippen molar-refractivity contribution in [1.82, 2.24) is 20.4 Å². The number of likely N-dealkylation sites (N-methyl/N-ethyl adjacent to an activating group) is 1. The standard InChI is InChI=1S/C18H26F3N5O2.HI/c1-22-17(24-11-15(27)26(4)12-18(19,20)21)23-9-8-13-6-5-7-14(10-13)16(28)25(2)3;/h5-7,10H,8-9,11-12H2,1-4H3,(H2,22,23,24);1H. The Balaban J connectivity index is 0.00000784. The van der Waals surface area contributed by atoms with Gasteiger partial charge in [0.05, 0.1) is 6.54 Å². The fourth-order valence-electron chi connectivity index (χ4n) is 2.32. The van der Waals surface area contributed by atoms with Gasteiger partial charge >= 0.3 is 6.18 Å². The lowest BCUT2D eigenvalue weighted by Gasteiger charge is -2.20. The van der Waals surface area contributed by atoms with Gasteiger partial charge in [-0.1, -0.05) is 12.1 Å². The second-order valence-electron chi connectivity index (χ2n) is 6.37. The number of aliphatic imine (C=N–C) groups is 1. The first-order valence-corrected chi connectivity index (χ1v) is 8.59. The maximum absolute atomic E-state index is 12.3. The van der Waals surface area contributed by atoms with Gasteiger partial charge in [0.15, 0.2) is 5.96 Å². The van der Waals surface area contributed by atoms with Gasteiger partial charge < -0.3 is 20.4 Å². The molecule has 0 aliphatic rings. The van der Waals surface area contributed by atoms with E-state index in [1.165, 1.54) is 11.9 Å². The molecule has 0 spiro atoms. The highest BCUT2D eigenvalue weighted by atomic mass is 127. The van der Waals surface area contributed by atoms with Crippen LogP contribution >= 0.6 is 24.0 Å². The first-order valence-electron chi connectivity index (χ1n) is 8.59. The van der Waals surface area contributed by atoms with E-state index in [1.807, 2.05) is 6.07 Å². The summed E-state index contributed by atoms with van der Waals surface area (Å²) in [5.74, 6) is -0.488. The Morgan fingerprint density at radius 2 is 1.79 bits per heavy atom. The summed E-state index contributed by atoms with van der Waals surface area (Å²) >= 11 is 0. The summed E-state index contributed by atoms with van der Waals surface area (Å²) in [7, 11) is 5.95. The third-order valence-corrected chi connectivity index (χ3v) is 3.76. The summed E-state index contributed by atoms with van der Waals surface area (Å²) in [6.07, 6.45) is -3.84. The molecule has 0 saturated heterocycles. The molecular formula is C18H27F3IN5O2. The molecule has 0 aliphatic heterocycles. The van der Waals surface area contributed by atoms with E-state index in [1.54, 1.807) is 32.3 Å². The van der Waals surface area contributed by atoms with Crippen molar-refractivity contribution in [3.63, 3.8) is 0 Å². The third kappa shape index (κ3) is 10.3. The fraction of sp³-hybridized carbons (Fsp3) is 0.500. The zero-order valence-corrected chi connectivity index (χ0v) is 19.2. The predicted octanol–water partition coefficient (Wildman–Crippen LogP) is 1.73. The second-order valence-corrected chi connectivity index (χ2v) is 6.37. The largest absolute Gasteiger partial charge is 0.406 e. The molecule has 0 aromatic heterocycles. The first kappa shape index (κ1) is 27.0. The molecule has 1 rings (SSSR count). The van der Waals surface area contributed by atoms with Crippen LogP contribution in [0, 0.1) is 0 Å². The topological polar surface area (TPSA) is 77.0 Å². The molecular weight excluding hydrogens is 502 g/mol. The van der Waals surface area contributed by atoms with Gasteiger partial charge in [0.1, 0.15) is 6.54 Å². The molecule has 0 bridgehead atoms. The highest BCUT2D eigenvalue weighted by molar-refractivity contribution is 14.0. The Bertz CT molecular complexity index is 711. The van der Waals surface area contributed by atoms with Crippen molar-refractivity contribution in [2.24, 2.45) is 4.99 Å². The Hall–Kier alpha value is -2.05. The van der Waals surface area contributed by atoms with E-state index >= 15 is 0 Å². The average molecular weight is 529 g/mol. The molecule has 11 heteroatoms. The fourth-order valence-corrected chi connectivity index (χ4v) is 2.32. The minimum atomic E-state index is -4.44. The lowest BCUT2D eigenvalue weighted by atomic mass is 10.1. The number of hydrogen-bond acceptors (Lipinski definition) is 3. The van der Waals surface area contributed by atoms with Gasteiger partial charge in [-0.3, -0.25) is 14.6 Å². The summed E-state index contributed by atoms with van der Waals surface area (Å²) in [6, 6.07) is 7.23. The third-order valence-electron chi connectivity index (χ3n) is 3.76. The van der Waals surface area contributed by atoms with Crippen molar-refractivity contribution < 1.29 is 22.8 Å². The summed E-state index contributed by atoms with van der Waals surface area (Å²) in [6.45, 7) is -1.15. The lowest BCUT2D eigenvalue weighted by Crippen LogP contribution is -2.45. The molecule has 2 amide bonds. The number of nitrogens with one attached hydrogen (secondary N) is 2. The van der Waals surface area contributed by atoms with Crippen LogP contribution in [0.3, 0.4) is 0 Å². The minimum Gasteiger partial charge on any atom is -0.356 e. The van der Waals surface area contributed by atoms with E-state index in [-0.39, 0.29) is 36.4 Å². The van der Waals surface area contributed by atoms with Crippen LogP contribution in [-0.2, 0) is 11.2 Å². The Kier molecular flexibility index (Phi) is 11.6.